The average Bonchev–Trinajstić information content (AvgIpc) is 2.58. The van der Waals surface area contributed by atoms with Crippen LogP contribution in [0, 0.1) is 5.92 Å². The van der Waals surface area contributed by atoms with E-state index in [4.69, 9.17) is 4.74 Å². The summed E-state index contributed by atoms with van der Waals surface area (Å²) in [7, 11) is -2.88. The molecule has 6 nitrogen and oxygen atoms in total. The Labute approximate surface area is 142 Å². The number of nitrogens with zero attached hydrogens (tertiary/aromatic N) is 3. The fourth-order valence-corrected chi connectivity index (χ4v) is 3.48. The van der Waals surface area contributed by atoms with E-state index in [1.165, 1.54) is 6.26 Å². The summed E-state index contributed by atoms with van der Waals surface area (Å²) in [5.41, 5.74) is 0.887. The van der Waals surface area contributed by atoms with Crippen LogP contribution in [0.4, 0.5) is 0 Å². The van der Waals surface area contributed by atoms with E-state index in [2.05, 4.69) is 14.9 Å². The molecule has 0 unspecified atom stereocenters. The van der Waals surface area contributed by atoms with E-state index in [0.717, 1.165) is 36.8 Å². The second-order valence-corrected chi connectivity index (χ2v) is 8.70. The van der Waals surface area contributed by atoms with Gasteiger partial charge in [0.25, 0.3) is 0 Å². The van der Waals surface area contributed by atoms with E-state index < -0.39 is 9.84 Å². The van der Waals surface area contributed by atoms with Gasteiger partial charge in [-0.25, -0.2) is 13.4 Å². The number of sulfone groups is 1. The van der Waals surface area contributed by atoms with Gasteiger partial charge in [-0.2, -0.15) is 4.98 Å². The summed E-state index contributed by atoms with van der Waals surface area (Å²) in [5, 5.41) is 1.00. The summed E-state index contributed by atoms with van der Waals surface area (Å²) in [6, 6.07) is 8.26. The van der Waals surface area contributed by atoms with Gasteiger partial charge in [0.05, 0.1) is 17.9 Å². The third-order valence-corrected chi connectivity index (χ3v) is 5.32. The Morgan fingerprint density at radius 1 is 1.25 bits per heavy atom. The van der Waals surface area contributed by atoms with E-state index in [-0.39, 0.29) is 5.75 Å². The molecule has 0 atom stereocenters. The van der Waals surface area contributed by atoms with Crippen molar-refractivity contribution < 1.29 is 13.2 Å². The summed E-state index contributed by atoms with van der Waals surface area (Å²) >= 11 is 0. The maximum atomic E-state index is 11.2. The molecule has 0 aliphatic carbocycles. The van der Waals surface area contributed by atoms with Crippen molar-refractivity contribution >= 4 is 20.7 Å². The molecule has 7 heteroatoms. The first-order valence-electron chi connectivity index (χ1n) is 8.24. The number of hydrogen-bond donors (Lipinski definition) is 0. The summed E-state index contributed by atoms with van der Waals surface area (Å²) in [6.45, 7) is 3.07. The number of para-hydroxylation sites is 1. The first-order chi connectivity index (χ1) is 11.5. The zero-order chi connectivity index (χ0) is 17.0. The van der Waals surface area contributed by atoms with Gasteiger partial charge in [0.1, 0.15) is 9.84 Å². The van der Waals surface area contributed by atoms with Crippen LogP contribution in [0.25, 0.3) is 10.9 Å². The summed E-state index contributed by atoms with van der Waals surface area (Å²) in [4.78, 5) is 10.9. The van der Waals surface area contributed by atoms with Gasteiger partial charge < -0.3 is 9.64 Å². The zero-order valence-corrected chi connectivity index (χ0v) is 14.7. The fraction of sp³-hybridized carbons (Fsp3) is 0.529. The van der Waals surface area contributed by atoms with Crippen LogP contribution in [0.2, 0.25) is 0 Å². The first-order valence-corrected chi connectivity index (χ1v) is 10.3. The van der Waals surface area contributed by atoms with Crippen LogP contribution < -0.4 is 4.74 Å². The third kappa shape index (κ3) is 4.88. The van der Waals surface area contributed by atoms with Gasteiger partial charge >= 0.3 is 6.01 Å². The van der Waals surface area contributed by atoms with Crippen molar-refractivity contribution in [3.63, 3.8) is 0 Å². The van der Waals surface area contributed by atoms with Gasteiger partial charge in [-0.15, -0.1) is 0 Å². The quantitative estimate of drug-likeness (QED) is 0.791. The molecule has 1 aromatic heterocycles. The molecule has 0 radical (unpaired) electrons. The van der Waals surface area contributed by atoms with Crippen molar-refractivity contribution in [1.82, 2.24) is 14.9 Å². The topological polar surface area (TPSA) is 72.4 Å². The lowest BCUT2D eigenvalue weighted by Gasteiger charge is -2.31. The highest BCUT2D eigenvalue weighted by atomic mass is 32.2. The molecule has 3 rings (SSSR count). The number of rotatable bonds is 6. The monoisotopic (exact) mass is 349 g/mol. The SMILES string of the molecule is CS(=O)(=O)CCN1CCC(COc2ncc3ccccc3n2)CC1. The smallest absolute Gasteiger partial charge is 0.316 e. The number of likely N-dealkylation sites (tertiary alicyclic amines) is 1. The molecule has 1 aliphatic heterocycles. The van der Waals surface area contributed by atoms with Gasteiger partial charge in [-0.05, 0) is 37.9 Å². The maximum Gasteiger partial charge on any atom is 0.316 e. The van der Waals surface area contributed by atoms with Crippen LogP contribution in [-0.2, 0) is 9.84 Å². The molecular weight excluding hydrogens is 326 g/mol. The number of piperidine rings is 1. The van der Waals surface area contributed by atoms with Crippen LogP contribution in [0.3, 0.4) is 0 Å². The van der Waals surface area contributed by atoms with Crippen molar-refractivity contribution in [3.05, 3.63) is 30.5 Å². The molecule has 1 fully saturated rings. The van der Waals surface area contributed by atoms with Crippen LogP contribution in [0.5, 0.6) is 6.01 Å². The number of hydrogen-bond acceptors (Lipinski definition) is 6. The van der Waals surface area contributed by atoms with Crippen LogP contribution in [0.15, 0.2) is 30.5 Å². The molecule has 2 aromatic rings. The van der Waals surface area contributed by atoms with Crippen molar-refractivity contribution in [3.8, 4) is 6.01 Å². The van der Waals surface area contributed by atoms with Gasteiger partial charge in [0, 0.05) is 24.4 Å². The highest BCUT2D eigenvalue weighted by Crippen LogP contribution is 2.19. The molecule has 2 heterocycles. The van der Waals surface area contributed by atoms with Crippen molar-refractivity contribution in [2.45, 2.75) is 12.8 Å². The van der Waals surface area contributed by atoms with Crippen molar-refractivity contribution in [2.75, 3.05) is 38.2 Å². The second-order valence-electron chi connectivity index (χ2n) is 6.44. The fourth-order valence-electron chi connectivity index (χ4n) is 2.89. The summed E-state index contributed by atoms with van der Waals surface area (Å²) in [6.07, 6.45) is 5.09. The number of ether oxygens (including phenoxy) is 1. The molecule has 0 bridgehead atoms. The molecule has 1 saturated heterocycles. The van der Waals surface area contributed by atoms with Crippen LogP contribution >= 0.6 is 0 Å². The third-order valence-electron chi connectivity index (χ3n) is 4.40. The summed E-state index contributed by atoms with van der Waals surface area (Å²) < 4.78 is 28.2. The van der Waals surface area contributed by atoms with Crippen molar-refractivity contribution in [1.29, 1.82) is 0 Å². The molecule has 130 valence electrons. The molecule has 0 N–H and O–H groups in total. The van der Waals surface area contributed by atoms with Gasteiger partial charge in [-0.1, -0.05) is 18.2 Å². The summed E-state index contributed by atoms with van der Waals surface area (Å²) in [5.74, 6) is 0.702. The lowest BCUT2D eigenvalue weighted by Crippen LogP contribution is -2.38. The lowest BCUT2D eigenvalue weighted by molar-refractivity contribution is 0.141. The zero-order valence-electron chi connectivity index (χ0n) is 13.9. The Kier molecular flexibility index (Phi) is 5.30. The molecule has 0 amide bonds. The number of aromatic nitrogens is 2. The van der Waals surface area contributed by atoms with Crippen molar-refractivity contribution in [2.24, 2.45) is 5.92 Å². The van der Waals surface area contributed by atoms with Gasteiger partial charge in [0.2, 0.25) is 0 Å². The molecule has 1 aromatic carbocycles. The van der Waals surface area contributed by atoms with E-state index in [1.54, 1.807) is 6.20 Å². The second kappa shape index (κ2) is 7.44. The molecular formula is C17H23N3O3S. The lowest BCUT2D eigenvalue weighted by atomic mass is 9.98. The van der Waals surface area contributed by atoms with Crippen LogP contribution in [0.1, 0.15) is 12.8 Å². The highest BCUT2D eigenvalue weighted by Gasteiger charge is 2.20. The first kappa shape index (κ1) is 17.1. The Morgan fingerprint density at radius 3 is 2.75 bits per heavy atom. The minimum Gasteiger partial charge on any atom is -0.463 e. The predicted octanol–water partition coefficient (Wildman–Crippen LogP) is 1.77. The minimum absolute atomic E-state index is 0.235. The molecule has 0 spiro atoms. The highest BCUT2D eigenvalue weighted by molar-refractivity contribution is 7.90. The Bertz CT molecular complexity index is 787. The Balaban J connectivity index is 1.46. The molecule has 0 saturated carbocycles. The molecule has 1 aliphatic rings. The van der Waals surface area contributed by atoms with Gasteiger partial charge in [0.15, 0.2) is 0 Å². The standard InChI is InChI=1S/C17H23N3O3S/c1-24(21,22)11-10-20-8-6-14(7-9-20)13-23-17-18-12-15-4-2-3-5-16(15)19-17/h2-5,12,14H,6-11,13H2,1H3. The molecule has 24 heavy (non-hydrogen) atoms. The minimum atomic E-state index is -2.88. The van der Waals surface area contributed by atoms with E-state index in [0.29, 0.717) is 25.1 Å². The predicted molar refractivity (Wildman–Crippen MR) is 93.9 cm³/mol. The normalized spacial score (nSPS) is 17.2. The van der Waals surface area contributed by atoms with Crippen LogP contribution in [-0.4, -0.2) is 61.5 Å². The number of benzene rings is 1. The Morgan fingerprint density at radius 2 is 2.00 bits per heavy atom. The maximum absolute atomic E-state index is 11.2. The van der Waals surface area contributed by atoms with E-state index in [9.17, 15) is 8.42 Å². The van der Waals surface area contributed by atoms with E-state index in [1.807, 2.05) is 24.3 Å². The largest absolute Gasteiger partial charge is 0.463 e. The number of fused-ring (bicyclic) bond motifs is 1. The van der Waals surface area contributed by atoms with Gasteiger partial charge in [-0.3, -0.25) is 0 Å². The Hall–Kier alpha value is -1.73. The average molecular weight is 349 g/mol. The van der Waals surface area contributed by atoms with E-state index >= 15 is 0 Å².